The molecule has 3 rings (SSSR count). The van der Waals surface area contributed by atoms with Crippen LogP contribution in [0.25, 0.3) is 5.65 Å². The van der Waals surface area contributed by atoms with E-state index in [0.717, 1.165) is 51.1 Å². The van der Waals surface area contributed by atoms with Crippen molar-refractivity contribution in [3.63, 3.8) is 0 Å². The summed E-state index contributed by atoms with van der Waals surface area (Å²) in [6.07, 6.45) is 7.34. The van der Waals surface area contributed by atoms with Crippen molar-refractivity contribution in [1.29, 1.82) is 0 Å². The highest BCUT2D eigenvalue weighted by Crippen LogP contribution is 2.12. The summed E-state index contributed by atoms with van der Waals surface area (Å²) in [5.74, 6) is -0.0825. The van der Waals surface area contributed by atoms with Crippen LogP contribution in [0.2, 0.25) is 0 Å². The molecule has 2 aromatic heterocycles. The van der Waals surface area contributed by atoms with Crippen LogP contribution >= 0.6 is 0 Å². The molecule has 1 aliphatic rings. The van der Waals surface area contributed by atoms with Crippen LogP contribution in [0.5, 0.6) is 0 Å². The minimum absolute atomic E-state index is 0.0825. The van der Waals surface area contributed by atoms with E-state index in [2.05, 4.69) is 39.5 Å². The minimum Gasteiger partial charge on any atom is -0.349 e. The van der Waals surface area contributed by atoms with E-state index in [4.69, 9.17) is 0 Å². The van der Waals surface area contributed by atoms with Gasteiger partial charge in [-0.1, -0.05) is 13.8 Å². The summed E-state index contributed by atoms with van der Waals surface area (Å²) >= 11 is 0. The van der Waals surface area contributed by atoms with E-state index in [9.17, 15) is 4.79 Å². The van der Waals surface area contributed by atoms with Crippen molar-refractivity contribution in [3.8, 4) is 0 Å². The minimum atomic E-state index is -0.0825. The van der Waals surface area contributed by atoms with Gasteiger partial charge in [0, 0.05) is 30.5 Å². The van der Waals surface area contributed by atoms with Gasteiger partial charge in [0.1, 0.15) is 5.56 Å². The highest BCUT2D eigenvalue weighted by molar-refractivity contribution is 5.99. The van der Waals surface area contributed by atoms with Gasteiger partial charge in [-0.15, -0.1) is 0 Å². The molecule has 0 spiro atoms. The van der Waals surface area contributed by atoms with Crippen LogP contribution in [-0.4, -0.2) is 57.6 Å². The second-order valence-corrected chi connectivity index (χ2v) is 6.25. The van der Waals surface area contributed by atoms with Crippen LogP contribution < -0.4 is 10.6 Å². The Morgan fingerprint density at radius 3 is 2.79 bits per heavy atom. The summed E-state index contributed by atoms with van der Waals surface area (Å²) in [6, 6.07) is 0.232. The molecule has 0 atom stereocenters. The molecule has 1 fully saturated rings. The Hall–Kier alpha value is -1.99. The molecular formula is C17H26N6O. The van der Waals surface area contributed by atoms with Crippen LogP contribution in [0.4, 0.5) is 0 Å². The van der Waals surface area contributed by atoms with Gasteiger partial charge in [-0.25, -0.2) is 9.50 Å². The SMILES string of the molecule is CCN(CC)Cc1cnc2c(C(=O)NC3CCNCC3)cnn2c1. The van der Waals surface area contributed by atoms with Crippen LogP contribution in [-0.2, 0) is 6.54 Å². The molecule has 1 saturated heterocycles. The van der Waals surface area contributed by atoms with E-state index < -0.39 is 0 Å². The fourth-order valence-corrected chi connectivity index (χ4v) is 3.09. The van der Waals surface area contributed by atoms with Gasteiger partial charge in [-0.3, -0.25) is 9.69 Å². The first-order valence-corrected chi connectivity index (χ1v) is 8.77. The van der Waals surface area contributed by atoms with E-state index >= 15 is 0 Å². The molecule has 0 unspecified atom stereocenters. The van der Waals surface area contributed by atoms with Crippen LogP contribution in [0.3, 0.4) is 0 Å². The maximum absolute atomic E-state index is 12.5. The standard InChI is InChI=1S/C17H26N6O/c1-3-22(4-2)11-13-9-19-16-15(10-20-23(16)12-13)17(24)21-14-5-7-18-8-6-14/h9-10,12,14,18H,3-8,11H2,1-2H3,(H,21,24). The average molecular weight is 330 g/mol. The molecule has 24 heavy (non-hydrogen) atoms. The maximum atomic E-state index is 12.5. The molecule has 0 radical (unpaired) electrons. The van der Waals surface area contributed by atoms with Crippen LogP contribution in [0, 0.1) is 0 Å². The molecule has 130 valence electrons. The predicted octanol–water partition coefficient (Wildman–Crippen LogP) is 1.05. The summed E-state index contributed by atoms with van der Waals surface area (Å²) in [5.41, 5.74) is 2.26. The van der Waals surface area contributed by atoms with Gasteiger partial charge < -0.3 is 10.6 Å². The van der Waals surface area contributed by atoms with Gasteiger partial charge in [0.15, 0.2) is 5.65 Å². The summed E-state index contributed by atoms with van der Waals surface area (Å²) in [5, 5.41) is 10.7. The topological polar surface area (TPSA) is 74.6 Å². The van der Waals surface area contributed by atoms with Gasteiger partial charge in [0.2, 0.25) is 0 Å². The first kappa shape index (κ1) is 16.9. The highest BCUT2D eigenvalue weighted by atomic mass is 16.1. The number of hydrogen-bond acceptors (Lipinski definition) is 5. The molecule has 7 heteroatoms. The van der Waals surface area contributed by atoms with Crippen molar-refractivity contribution < 1.29 is 4.79 Å². The molecule has 0 bridgehead atoms. The first-order valence-electron chi connectivity index (χ1n) is 8.77. The Kier molecular flexibility index (Phi) is 5.42. The summed E-state index contributed by atoms with van der Waals surface area (Å²) in [4.78, 5) is 19.3. The number of piperidine rings is 1. The number of aromatic nitrogens is 3. The van der Waals surface area contributed by atoms with Crippen molar-refractivity contribution in [2.45, 2.75) is 39.3 Å². The number of carbonyl (C=O) groups is 1. The molecule has 7 nitrogen and oxygen atoms in total. The van der Waals surface area contributed by atoms with Crippen molar-refractivity contribution in [1.82, 2.24) is 30.1 Å². The Balaban J connectivity index is 1.74. The lowest BCUT2D eigenvalue weighted by Gasteiger charge is -2.23. The first-order chi connectivity index (χ1) is 11.7. The van der Waals surface area contributed by atoms with E-state index in [0.29, 0.717) is 11.2 Å². The molecule has 1 aliphatic heterocycles. The average Bonchev–Trinajstić information content (AvgIpc) is 3.03. The third kappa shape index (κ3) is 3.73. The molecule has 0 aliphatic carbocycles. The zero-order valence-electron chi connectivity index (χ0n) is 14.5. The fraction of sp³-hybridized carbons (Fsp3) is 0.588. The van der Waals surface area contributed by atoms with Crippen molar-refractivity contribution in [2.75, 3.05) is 26.2 Å². The molecule has 2 aromatic rings. The van der Waals surface area contributed by atoms with Gasteiger partial charge >= 0.3 is 0 Å². The molecule has 0 aromatic carbocycles. The number of hydrogen-bond donors (Lipinski definition) is 2. The summed E-state index contributed by atoms with van der Waals surface area (Å²) < 4.78 is 1.70. The zero-order chi connectivity index (χ0) is 16.9. The van der Waals surface area contributed by atoms with E-state index in [1.165, 1.54) is 0 Å². The number of amides is 1. The Morgan fingerprint density at radius 2 is 2.08 bits per heavy atom. The lowest BCUT2D eigenvalue weighted by atomic mass is 10.1. The summed E-state index contributed by atoms with van der Waals surface area (Å²) in [6.45, 7) is 9.03. The van der Waals surface area contributed by atoms with Crippen molar-refractivity contribution in [3.05, 3.63) is 29.7 Å². The number of fused-ring (bicyclic) bond motifs is 1. The third-order valence-electron chi connectivity index (χ3n) is 4.63. The molecule has 1 amide bonds. The smallest absolute Gasteiger partial charge is 0.256 e. The van der Waals surface area contributed by atoms with Crippen LogP contribution in [0.1, 0.15) is 42.6 Å². The monoisotopic (exact) mass is 330 g/mol. The van der Waals surface area contributed by atoms with Gasteiger partial charge in [-0.05, 0) is 39.0 Å². The number of nitrogens with zero attached hydrogens (tertiary/aromatic N) is 4. The quantitative estimate of drug-likeness (QED) is 0.828. The normalized spacial score (nSPS) is 16.0. The predicted molar refractivity (Wildman–Crippen MR) is 93.0 cm³/mol. The van der Waals surface area contributed by atoms with E-state index in [1.54, 1.807) is 10.7 Å². The number of carbonyl (C=O) groups excluding carboxylic acids is 1. The fourth-order valence-electron chi connectivity index (χ4n) is 3.09. The molecule has 0 saturated carbocycles. The third-order valence-corrected chi connectivity index (χ3v) is 4.63. The molecule has 2 N–H and O–H groups in total. The van der Waals surface area contributed by atoms with E-state index in [1.807, 2.05) is 12.4 Å². The molecular weight excluding hydrogens is 304 g/mol. The van der Waals surface area contributed by atoms with E-state index in [-0.39, 0.29) is 11.9 Å². The lowest BCUT2D eigenvalue weighted by molar-refractivity contribution is 0.0931. The second-order valence-electron chi connectivity index (χ2n) is 6.25. The lowest BCUT2D eigenvalue weighted by Crippen LogP contribution is -2.42. The Labute approximate surface area is 142 Å². The van der Waals surface area contributed by atoms with Crippen molar-refractivity contribution in [2.24, 2.45) is 0 Å². The highest BCUT2D eigenvalue weighted by Gasteiger charge is 2.19. The maximum Gasteiger partial charge on any atom is 0.256 e. The second kappa shape index (κ2) is 7.72. The number of rotatable bonds is 6. The number of nitrogens with one attached hydrogen (secondary N) is 2. The van der Waals surface area contributed by atoms with Crippen molar-refractivity contribution >= 4 is 11.6 Å². The van der Waals surface area contributed by atoms with Gasteiger partial charge in [0.25, 0.3) is 5.91 Å². The summed E-state index contributed by atoms with van der Waals surface area (Å²) in [7, 11) is 0. The zero-order valence-corrected chi connectivity index (χ0v) is 14.5. The van der Waals surface area contributed by atoms with Crippen LogP contribution in [0.15, 0.2) is 18.6 Å². The van der Waals surface area contributed by atoms with Gasteiger partial charge in [-0.2, -0.15) is 5.10 Å². The van der Waals surface area contributed by atoms with Gasteiger partial charge in [0.05, 0.1) is 6.20 Å². The largest absolute Gasteiger partial charge is 0.349 e. The molecule has 3 heterocycles. The Bertz CT molecular complexity index is 687. The Morgan fingerprint density at radius 1 is 1.33 bits per heavy atom.